The van der Waals surface area contributed by atoms with Crippen molar-refractivity contribution in [3.05, 3.63) is 41.7 Å². The molecule has 0 saturated carbocycles. The van der Waals surface area contributed by atoms with Crippen LogP contribution in [-0.2, 0) is 10.0 Å². The molecule has 0 aliphatic carbocycles. The summed E-state index contributed by atoms with van der Waals surface area (Å²) in [5.41, 5.74) is 1.80. The molecule has 1 aromatic carbocycles. The Bertz CT molecular complexity index is 900. The van der Waals surface area contributed by atoms with E-state index in [0.717, 1.165) is 24.0 Å². The summed E-state index contributed by atoms with van der Waals surface area (Å²) in [4.78, 5) is 11.0. The number of aromatic nitrogens is 2. The standard InChI is InChI=1S/C19H26N4O3S/c1-14-11-20-19(21-12-14)22(3)16-6-5-9-23(13-16)27(24,25)17-7-8-18(26-4)15(2)10-17/h7-8,10-12,16H,5-6,9,13H2,1-4H3. The molecule has 1 saturated heterocycles. The van der Waals surface area contributed by atoms with Gasteiger partial charge in [0.1, 0.15) is 5.75 Å². The normalized spacial score (nSPS) is 18.3. The molecule has 1 aromatic heterocycles. The number of hydrogen-bond donors (Lipinski definition) is 0. The quantitative estimate of drug-likeness (QED) is 0.780. The lowest BCUT2D eigenvalue weighted by molar-refractivity contribution is 0.309. The zero-order valence-corrected chi connectivity index (χ0v) is 17.0. The third kappa shape index (κ3) is 4.06. The van der Waals surface area contributed by atoms with Gasteiger partial charge in [0.15, 0.2) is 0 Å². The molecule has 1 unspecified atom stereocenters. The van der Waals surface area contributed by atoms with Crippen LogP contribution in [0.1, 0.15) is 24.0 Å². The lowest BCUT2D eigenvalue weighted by Crippen LogP contribution is -2.49. The molecule has 27 heavy (non-hydrogen) atoms. The molecule has 0 N–H and O–H groups in total. The van der Waals surface area contributed by atoms with E-state index in [9.17, 15) is 8.42 Å². The monoisotopic (exact) mass is 390 g/mol. The SMILES string of the molecule is COc1ccc(S(=O)(=O)N2CCCC(N(C)c3ncc(C)cn3)C2)cc1C. The average molecular weight is 391 g/mol. The molecule has 0 spiro atoms. The Hall–Kier alpha value is -2.19. The summed E-state index contributed by atoms with van der Waals surface area (Å²) in [6.07, 6.45) is 5.25. The zero-order valence-electron chi connectivity index (χ0n) is 16.2. The molecule has 1 fully saturated rings. The Morgan fingerprint density at radius 1 is 1.22 bits per heavy atom. The molecule has 0 radical (unpaired) electrons. The lowest BCUT2D eigenvalue weighted by atomic mass is 10.1. The number of methoxy groups -OCH3 is 1. The number of anilines is 1. The summed E-state index contributed by atoms with van der Waals surface area (Å²) in [7, 11) is -0.0568. The predicted molar refractivity (Wildman–Crippen MR) is 105 cm³/mol. The first-order valence-corrected chi connectivity index (χ1v) is 10.4. The number of ether oxygens (including phenoxy) is 1. The van der Waals surface area contributed by atoms with Crippen LogP contribution in [0.15, 0.2) is 35.5 Å². The number of nitrogens with zero attached hydrogens (tertiary/aromatic N) is 4. The number of sulfonamides is 1. The van der Waals surface area contributed by atoms with E-state index in [0.29, 0.717) is 29.7 Å². The second-order valence-corrected chi connectivity index (χ2v) is 8.90. The van der Waals surface area contributed by atoms with Crippen LogP contribution in [0.2, 0.25) is 0 Å². The van der Waals surface area contributed by atoms with Crippen molar-refractivity contribution in [2.24, 2.45) is 0 Å². The maximum absolute atomic E-state index is 13.1. The van der Waals surface area contributed by atoms with Crippen molar-refractivity contribution in [3.63, 3.8) is 0 Å². The molecule has 0 bridgehead atoms. The minimum atomic E-state index is -3.55. The van der Waals surface area contributed by atoms with Crippen LogP contribution in [0.5, 0.6) is 5.75 Å². The summed E-state index contributed by atoms with van der Waals surface area (Å²) >= 11 is 0. The zero-order chi connectivity index (χ0) is 19.6. The van der Waals surface area contributed by atoms with Crippen LogP contribution in [0.3, 0.4) is 0 Å². The molecule has 1 atom stereocenters. The number of likely N-dealkylation sites (N-methyl/N-ethyl adjacent to an activating group) is 1. The molecule has 2 heterocycles. The van der Waals surface area contributed by atoms with E-state index >= 15 is 0 Å². The third-order valence-corrected chi connectivity index (χ3v) is 6.85. The summed E-state index contributed by atoms with van der Waals surface area (Å²) in [6.45, 7) is 4.72. The van der Waals surface area contributed by atoms with Crippen LogP contribution in [-0.4, -0.2) is 56.0 Å². The van der Waals surface area contributed by atoms with Gasteiger partial charge in [-0.25, -0.2) is 18.4 Å². The summed E-state index contributed by atoms with van der Waals surface area (Å²) in [5.74, 6) is 1.30. The van der Waals surface area contributed by atoms with Gasteiger partial charge in [0.05, 0.1) is 12.0 Å². The summed E-state index contributed by atoms with van der Waals surface area (Å²) < 4.78 is 33.0. The fourth-order valence-electron chi connectivity index (χ4n) is 3.35. The van der Waals surface area contributed by atoms with E-state index in [2.05, 4.69) is 9.97 Å². The van der Waals surface area contributed by atoms with Crippen molar-refractivity contribution in [1.82, 2.24) is 14.3 Å². The second-order valence-electron chi connectivity index (χ2n) is 6.96. The predicted octanol–water partition coefficient (Wildman–Crippen LogP) is 2.39. The van der Waals surface area contributed by atoms with Crippen molar-refractivity contribution in [2.45, 2.75) is 37.6 Å². The highest BCUT2D eigenvalue weighted by Crippen LogP contribution is 2.27. The highest BCUT2D eigenvalue weighted by atomic mass is 32.2. The van der Waals surface area contributed by atoms with E-state index in [1.807, 2.05) is 25.8 Å². The maximum atomic E-state index is 13.1. The second kappa shape index (κ2) is 7.82. The van der Waals surface area contributed by atoms with Gasteiger partial charge in [-0.15, -0.1) is 0 Å². The number of piperidine rings is 1. The molecule has 1 aliphatic rings. The molecule has 1 aliphatic heterocycles. The van der Waals surface area contributed by atoms with Crippen LogP contribution in [0.25, 0.3) is 0 Å². The lowest BCUT2D eigenvalue weighted by Gasteiger charge is -2.37. The number of hydrogen-bond acceptors (Lipinski definition) is 6. The van der Waals surface area contributed by atoms with E-state index in [4.69, 9.17) is 4.74 Å². The van der Waals surface area contributed by atoms with Gasteiger partial charge in [0, 0.05) is 38.6 Å². The Kier molecular flexibility index (Phi) is 5.67. The number of aryl methyl sites for hydroxylation is 2. The first-order chi connectivity index (χ1) is 12.8. The molecule has 7 nitrogen and oxygen atoms in total. The Labute approximate surface area is 161 Å². The van der Waals surface area contributed by atoms with E-state index in [-0.39, 0.29) is 6.04 Å². The van der Waals surface area contributed by atoms with E-state index in [1.54, 1.807) is 42.0 Å². The molecular weight excluding hydrogens is 364 g/mol. The molecular formula is C19H26N4O3S. The Morgan fingerprint density at radius 3 is 2.56 bits per heavy atom. The third-order valence-electron chi connectivity index (χ3n) is 4.99. The summed E-state index contributed by atoms with van der Waals surface area (Å²) in [6, 6.07) is 5.02. The highest BCUT2D eigenvalue weighted by molar-refractivity contribution is 7.89. The smallest absolute Gasteiger partial charge is 0.243 e. The minimum Gasteiger partial charge on any atom is -0.496 e. The van der Waals surface area contributed by atoms with Crippen molar-refractivity contribution in [2.75, 3.05) is 32.1 Å². The van der Waals surface area contributed by atoms with Crippen LogP contribution < -0.4 is 9.64 Å². The van der Waals surface area contributed by atoms with Crippen molar-refractivity contribution in [3.8, 4) is 5.75 Å². The van der Waals surface area contributed by atoms with Gasteiger partial charge in [-0.05, 0) is 56.0 Å². The Balaban J connectivity index is 1.80. The van der Waals surface area contributed by atoms with Gasteiger partial charge in [-0.1, -0.05) is 0 Å². The van der Waals surface area contributed by atoms with Gasteiger partial charge < -0.3 is 9.64 Å². The van der Waals surface area contributed by atoms with Gasteiger partial charge in [-0.2, -0.15) is 4.31 Å². The first kappa shape index (κ1) is 19.6. The average Bonchev–Trinajstić information content (AvgIpc) is 2.68. The molecule has 146 valence electrons. The molecule has 0 amide bonds. The Morgan fingerprint density at radius 2 is 1.93 bits per heavy atom. The first-order valence-electron chi connectivity index (χ1n) is 8.99. The highest BCUT2D eigenvalue weighted by Gasteiger charge is 2.32. The van der Waals surface area contributed by atoms with Crippen molar-refractivity contribution >= 4 is 16.0 Å². The fraction of sp³-hybridized carbons (Fsp3) is 0.474. The topological polar surface area (TPSA) is 75.6 Å². The van der Waals surface area contributed by atoms with Gasteiger partial charge >= 0.3 is 0 Å². The van der Waals surface area contributed by atoms with Crippen LogP contribution in [0.4, 0.5) is 5.95 Å². The van der Waals surface area contributed by atoms with E-state index < -0.39 is 10.0 Å². The molecule has 8 heteroatoms. The van der Waals surface area contributed by atoms with Crippen LogP contribution >= 0.6 is 0 Å². The fourth-order valence-corrected chi connectivity index (χ4v) is 4.95. The molecule has 2 aromatic rings. The minimum absolute atomic E-state index is 0.0376. The van der Waals surface area contributed by atoms with Gasteiger partial charge in [-0.3, -0.25) is 0 Å². The van der Waals surface area contributed by atoms with Crippen molar-refractivity contribution < 1.29 is 13.2 Å². The largest absolute Gasteiger partial charge is 0.496 e. The van der Waals surface area contributed by atoms with Crippen molar-refractivity contribution in [1.29, 1.82) is 0 Å². The maximum Gasteiger partial charge on any atom is 0.243 e. The van der Waals surface area contributed by atoms with Gasteiger partial charge in [0.2, 0.25) is 16.0 Å². The van der Waals surface area contributed by atoms with E-state index in [1.165, 1.54) is 0 Å². The van der Waals surface area contributed by atoms with Crippen LogP contribution in [0, 0.1) is 13.8 Å². The number of benzene rings is 1. The number of rotatable bonds is 5. The van der Waals surface area contributed by atoms with Gasteiger partial charge in [0.25, 0.3) is 0 Å². The summed E-state index contributed by atoms with van der Waals surface area (Å²) in [5, 5.41) is 0. The molecule has 3 rings (SSSR count).